The standard InChI is InChI=1S/C13H14BrFN2O/c14-10-5-4-8(15)7-9(10)12-16-13(18)11-3-1-2-6-17(11)12/h4-5,7,11-12H,1-3,6H2,(H,16,18)/t11-,12+/m1/s1. The van der Waals surface area contributed by atoms with Gasteiger partial charge in [0.05, 0.1) is 6.04 Å². The highest BCUT2D eigenvalue weighted by Gasteiger charge is 2.42. The lowest BCUT2D eigenvalue weighted by Crippen LogP contribution is -2.38. The lowest BCUT2D eigenvalue weighted by Gasteiger charge is -2.31. The first-order chi connectivity index (χ1) is 8.66. The molecule has 1 N–H and O–H groups in total. The topological polar surface area (TPSA) is 32.3 Å². The molecule has 18 heavy (non-hydrogen) atoms. The third-order valence-corrected chi connectivity index (χ3v) is 4.43. The van der Waals surface area contributed by atoms with Gasteiger partial charge in [0.1, 0.15) is 12.0 Å². The highest BCUT2D eigenvalue weighted by molar-refractivity contribution is 9.10. The molecule has 96 valence electrons. The Morgan fingerprint density at radius 2 is 2.22 bits per heavy atom. The van der Waals surface area contributed by atoms with Gasteiger partial charge >= 0.3 is 0 Å². The molecule has 1 amide bonds. The van der Waals surface area contributed by atoms with Gasteiger partial charge in [0, 0.05) is 16.6 Å². The minimum absolute atomic E-state index is 0.0427. The second kappa shape index (κ2) is 4.63. The highest BCUT2D eigenvalue weighted by Crippen LogP contribution is 2.35. The molecule has 0 bridgehead atoms. The molecule has 1 aromatic rings. The molecular weight excluding hydrogens is 299 g/mol. The van der Waals surface area contributed by atoms with E-state index in [2.05, 4.69) is 26.1 Å². The molecule has 1 aromatic carbocycles. The van der Waals surface area contributed by atoms with E-state index in [0.717, 1.165) is 35.8 Å². The van der Waals surface area contributed by atoms with Gasteiger partial charge in [-0.1, -0.05) is 22.4 Å². The Labute approximate surface area is 113 Å². The van der Waals surface area contributed by atoms with E-state index in [1.54, 1.807) is 6.07 Å². The van der Waals surface area contributed by atoms with Crippen LogP contribution < -0.4 is 5.32 Å². The zero-order chi connectivity index (χ0) is 12.7. The van der Waals surface area contributed by atoms with Crippen molar-refractivity contribution < 1.29 is 9.18 Å². The van der Waals surface area contributed by atoms with E-state index >= 15 is 0 Å². The number of halogens is 2. The van der Waals surface area contributed by atoms with Crippen LogP contribution in [-0.2, 0) is 4.79 Å². The molecule has 0 aliphatic carbocycles. The minimum atomic E-state index is -0.275. The fourth-order valence-electron chi connectivity index (χ4n) is 2.84. The van der Waals surface area contributed by atoms with Crippen molar-refractivity contribution in [2.75, 3.05) is 6.54 Å². The molecule has 2 aliphatic heterocycles. The van der Waals surface area contributed by atoms with Gasteiger partial charge in [0.15, 0.2) is 0 Å². The maximum atomic E-state index is 13.4. The predicted octanol–water partition coefficient (Wildman–Crippen LogP) is 2.57. The highest BCUT2D eigenvalue weighted by atomic mass is 79.9. The number of fused-ring (bicyclic) bond motifs is 1. The van der Waals surface area contributed by atoms with Gasteiger partial charge in [-0.3, -0.25) is 9.69 Å². The number of carbonyl (C=O) groups excluding carboxylic acids is 1. The number of benzene rings is 1. The van der Waals surface area contributed by atoms with E-state index in [0.29, 0.717) is 0 Å². The summed E-state index contributed by atoms with van der Waals surface area (Å²) in [6.45, 7) is 0.886. The zero-order valence-corrected chi connectivity index (χ0v) is 11.4. The number of hydrogen-bond acceptors (Lipinski definition) is 2. The molecule has 0 unspecified atom stereocenters. The van der Waals surface area contributed by atoms with Crippen LogP contribution in [0.15, 0.2) is 22.7 Å². The summed E-state index contributed by atoms with van der Waals surface area (Å²) in [4.78, 5) is 14.1. The first-order valence-electron chi connectivity index (χ1n) is 6.18. The van der Waals surface area contributed by atoms with Gasteiger partial charge in [0.25, 0.3) is 0 Å². The molecule has 2 aliphatic rings. The van der Waals surface area contributed by atoms with Crippen LogP contribution in [0.2, 0.25) is 0 Å². The second-order valence-electron chi connectivity index (χ2n) is 4.83. The summed E-state index contributed by atoms with van der Waals surface area (Å²) < 4.78 is 14.2. The molecule has 0 spiro atoms. The quantitative estimate of drug-likeness (QED) is 0.864. The fraction of sp³-hybridized carbons (Fsp3) is 0.462. The lowest BCUT2D eigenvalue weighted by atomic mass is 10.0. The Balaban J connectivity index is 1.96. The molecule has 2 atom stereocenters. The van der Waals surface area contributed by atoms with Gasteiger partial charge in [-0.15, -0.1) is 0 Å². The van der Waals surface area contributed by atoms with Crippen molar-refractivity contribution in [2.24, 2.45) is 0 Å². The number of nitrogens with zero attached hydrogens (tertiary/aromatic N) is 1. The summed E-state index contributed by atoms with van der Waals surface area (Å²) in [5, 5.41) is 2.97. The van der Waals surface area contributed by atoms with E-state index in [4.69, 9.17) is 0 Å². The Morgan fingerprint density at radius 3 is 3.06 bits per heavy atom. The van der Waals surface area contributed by atoms with E-state index in [9.17, 15) is 9.18 Å². The summed E-state index contributed by atoms with van der Waals surface area (Å²) in [7, 11) is 0. The van der Waals surface area contributed by atoms with Crippen LogP contribution in [0, 0.1) is 5.82 Å². The molecule has 3 rings (SSSR count). The normalized spacial score (nSPS) is 28.0. The van der Waals surface area contributed by atoms with Crippen molar-refractivity contribution in [2.45, 2.75) is 31.5 Å². The molecule has 2 heterocycles. The van der Waals surface area contributed by atoms with E-state index in [1.807, 2.05) is 0 Å². The van der Waals surface area contributed by atoms with Crippen LogP contribution in [0.3, 0.4) is 0 Å². The summed E-state index contributed by atoms with van der Waals surface area (Å²) in [5.74, 6) is -0.209. The molecule has 5 heteroatoms. The molecule has 0 radical (unpaired) electrons. The largest absolute Gasteiger partial charge is 0.335 e. The van der Waals surface area contributed by atoms with Crippen molar-refractivity contribution >= 4 is 21.8 Å². The Kier molecular flexibility index (Phi) is 3.11. The minimum Gasteiger partial charge on any atom is -0.335 e. The van der Waals surface area contributed by atoms with Crippen molar-refractivity contribution in [3.05, 3.63) is 34.1 Å². The van der Waals surface area contributed by atoms with Crippen molar-refractivity contribution in [3.8, 4) is 0 Å². The van der Waals surface area contributed by atoms with Crippen LogP contribution in [0.5, 0.6) is 0 Å². The Morgan fingerprint density at radius 1 is 1.39 bits per heavy atom. The predicted molar refractivity (Wildman–Crippen MR) is 69.3 cm³/mol. The van der Waals surface area contributed by atoms with Crippen molar-refractivity contribution in [3.63, 3.8) is 0 Å². The van der Waals surface area contributed by atoms with Gasteiger partial charge in [0.2, 0.25) is 5.91 Å². The average Bonchev–Trinajstić information content (AvgIpc) is 2.71. The third-order valence-electron chi connectivity index (χ3n) is 3.71. The average molecular weight is 313 g/mol. The maximum Gasteiger partial charge on any atom is 0.238 e. The Bertz CT molecular complexity index is 494. The number of rotatable bonds is 1. The number of carbonyl (C=O) groups is 1. The zero-order valence-electron chi connectivity index (χ0n) is 9.83. The molecule has 2 fully saturated rings. The van der Waals surface area contributed by atoms with Gasteiger partial charge < -0.3 is 5.32 Å². The first-order valence-corrected chi connectivity index (χ1v) is 6.97. The fourth-order valence-corrected chi connectivity index (χ4v) is 3.30. The van der Waals surface area contributed by atoms with Gasteiger partial charge in [-0.05, 0) is 31.0 Å². The molecule has 0 saturated carbocycles. The van der Waals surface area contributed by atoms with Gasteiger partial charge in [-0.2, -0.15) is 0 Å². The van der Waals surface area contributed by atoms with Crippen molar-refractivity contribution in [1.29, 1.82) is 0 Å². The third kappa shape index (κ3) is 1.95. The summed E-state index contributed by atoms with van der Waals surface area (Å²) in [6, 6.07) is 4.55. The number of amides is 1. The maximum absolute atomic E-state index is 13.4. The monoisotopic (exact) mass is 312 g/mol. The van der Waals surface area contributed by atoms with E-state index < -0.39 is 0 Å². The second-order valence-corrected chi connectivity index (χ2v) is 5.68. The van der Waals surface area contributed by atoms with Crippen LogP contribution in [0.25, 0.3) is 0 Å². The molecule has 2 saturated heterocycles. The summed E-state index contributed by atoms with van der Waals surface area (Å²) >= 11 is 3.43. The van der Waals surface area contributed by atoms with Crippen LogP contribution >= 0.6 is 15.9 Å². The number of hydrogen-bond donors (Lipinski definition) is 1. The van der Waals surface area contributed by atoms with Crippen LogP contribution in [0.1, 0.15) is 31.0 Å². The smallest absolute Gasteiger partial charge is 0.238 e. The molecular formula is C13H14BrFN2O. The Hall–Kier alpha value is -0.940. The first kappa shape index (κ1) is 12.1. The summed E-state index contributed by atoms with van der Waals surface area (Å²) in [5.41, 5.74) is 0.799. The van der Waals surface area contributed by atoms with Crippen LogP contribution in [0.4, 0.5) is 4.39 Å². The lowest BCUT2D eigenvalue weighted by molar-refractivity contribution is -0.122. The number of piperidine rings is 1. The van der Waals surface area contributed by atoms with Crippen molar-refractivity contribution in [1.82, 2.24) is 10.2 Å². The van der Waals surface area contributed by atoms with Crippen LogP contribution in [-0.4, -0.2) is 23.4 Å². The SMILES string of the molecule is O=C1N[C@H](c2cc(F)ccc2Br)N2CCCC[C@H]12. The molecule has 3 nitrogen and oxygen atoms in total. The van der Waals surface area contributed by atoms with Gasteiger partial charge in [-0.25, -0.2) is 4.39 Å². The number of nitrogens with one attached hydrogen (secondary N) is 1. The van der Waals surface area contributed by atoms with E-state index in [-0.39, 0.29) is 23.9 Å². The molecule has 0 aromatic heterocycles. The van der Waals surface area contributed by atoms with E-state index in [1.165, 1.54) is 12.1 Å². The summed E-state index contributed by atoms with van der Waals surface area (Å²) in [6.07, 6.45) is 2.88.